The number of para-hydroxylation sites is 2. The Balaban J connectivity index is 2.16. The monoisotopic (exact) mass is 462 g/mol. The topological polar surface area (TPSA) is 67.9 Å². The Hall–Kier alpha value is -2.54. The molecule has 2 aromatic rings. The van der Waals surface area contributed by atoms with E-state index in [2.05, 4.69) is 21.2 Å². The van der Waals surface area contributed by atoms with Gasteiger partial charge in [0.25, 0.3) is 5.91 Å². The fraction of sp³-hybridized carbons (Fsp3) is 0.364. The lowest BCUT2D eigenvalue weighted by molar-refractivity contribution is -0.142. The predicted molar refractivity (Wildman–Crippen MR) is 116 cm³/mol. The molecule has 0 fully saturated rings. The van der Waals surface area contributed by atoms with E-state index in [1.165, 1.54) is 4.90 Å². The molecule has 0 unspecified atom stereocenters. The minimum atomic E-state index is -0.644. The van der Waals surface area contributed by atoms with E-state index in [1.54, 1.807) is 32.2 Å². The number of nitrogens with zero attached hydrogens (tertiary/aromatic N) is 1. The molecular weight excluding hydrogens is 436 g/mol. The van der Waals surface area contributed by atoms with Gasteiger partial charge in [-0.1, -0.05) is 40.2 Å². The zero-order chi connectivity index (χ0) is 21.4. The Morgan fingerprint density at radius 3 is 2.24 bits per heavy atom. The minimum Gasteiger partial charge on any atom is -0.493 e. The van der Waals surface area contributed by atoms with Crippen LogP contribution in [0.3, 0.4) is 0 Å². The van der Waals surface area contributed by atoms with Gasteiger partial charge in [0.05, 0.1) is 7.11 Å². The van der Waals surface area contributed by atoms with Crippen molar-refractivity contribution in [2.75, 3.05) is 13.7 Å². The zero-order valence-electron chi connectivity index (χ0n) is 17.1. The van der Waals surface area contributed by atoms with Gasteiger partial charge in [0.1, 0.15) is 6.04 Å². The molecule has 156 valence electrons. The molecule has 0 aliphatic heterocycles. The second-order valence-electron chi connectivity index (χ2n) is 6.93. The zero-order valence-corrected chi connectivity index (χ0v) is 18.7. The van der Waals surface area contributed by atoms with Gasteiger partial charge in [0.15, 0.2) is 18.1 Å². The predicted octanol–water partition coefficient (Wildman–Crippen LogP) is 3.78. The van der Waals surface area contributed by atoms with E-state index in [4.69, 9.17) is 9.47 Å². The average molecular weight is 463 g/mol. The molecule has 0 saturated heterocycles. The number of benzene rings is 2. The average Bonchev–Trinajstić information content (AvgIpc) is 2.70. The van der Waals surface area contributed by atoms with Crippen LogP contribution in [-0.2, 0) is 16.1 Å². The van der Waals surface area contributed by atoms with E-state index >= 15 is 0 Å². The highest BCUT2D eigenvalue weighted by Crippen LogP contribution is 2.26. The molecule has 0 aliphatic carbocycles. The van der Waals surface area contributed by atoms with Gasteiger partial charge in [-0.2, -0.15) is 0 Å². The molecule has 0 aromatic heterocycles. The summed E-state index contributed by atoms with van der Waals surface area (Å²) in [5, 5.41) is 2.86. The number of ether oxygens (including phenoxy) is 2. The number of nitrogens with one attached hydrogen (secondary N) is 1. The third-order valence-corrected chi connectivity index (χ3v) is 4.81. The summed E-state index contributed by atoms with van der Waals surface area (Å²) >= 11 is 3.41. The van der Waals surface area contributed by atoms with E-state index in [0.29, 0.717) is 18.0 Å². The number of amides is 2. The summed E-state index contributed by atoms with van der Waals surface area (Å²) in [6.07, 6.45) is 0. The smallest absolute Gasteiger partial charge is 0.261 e. The number of halogens is 1. The van der Waals surface area contributed by atoms with Crippen LogP contribution in [0.1, 0.15) is 26.3 Å². The van der Waals surface area contributed by atoms with Crippen molar-refractivity contribution >= 4 is 27.7 Å². The van der Waals surface area contributed by atoms with Gasteiger partial charge in [-0.3, -0.25) is 9.59 Å². The fourth-order valence-electron chi connectivity index (χ4n) is 2.73. The van der Waals surface area contributed by atoms with Gasteiger partial charge in [0, 0.05) is 17.1 Å². The van der Waals surface area contributed by atoms with Gasteiger partial charge in [-0.15, -0.1) is 0 Å². The van der Waals surface area contributed by atoms with Crippen LogP contribution < -0.4 is 14.8 Å². The van der Waals surface area contributed by atoms with Gasteiger partial charge in [0.2, 0.25) is 5.91 Å². The van der Waals surface area contributed by atoms with Gasteiger partial charge >= 0.3 is 0 Å². The molecule has 6 nitrogen and oxygen atoms in total. The maximum Gasteiger partial charge on any atom is 0.261 e. The molecule has 0 bridgehead atoms. The van der Waals surface area contributed by atoms with Gasteiger partial charge in [-0.05, 0) is 50.6 Å². The Labute approximate surface area is 180 Å². The number of carbonyl (C=O) groups excluding carboxylic acids is 2. The second-order valence-corrected chi connectivity index (χ2v) is 7.84. The number of methoxy groups -OCH3 is 1. The van der Waals surface area contributed by atoms with E-state index < -0.39 is 6.04 Å². The second kappa shape index (κ2) is 10.9. The highest BCUT2D eigenvalue weighted by molar-refractivity contribution is 9.10. The molecule has 1 atom stereocenters. The van der Waals surface area contributed by atoms with Crippen LogP contribution in [0.15, 0.2) is 53.0 Å². The Bertz CT molecular complexity index is 824. The van der Waals surface area contributed by atoms with Crippen molar-refractivity contribution in [3.05, 3.63) is 58.6 Å². The molecule has 7 heteroatoms. The van der Waals surface area contributed by atoms with Crippen LogP contribution in [0.5, 0.6) is 11.5 Å². The quantitative estimate of drug-likeness (QED) is 0.615. The number of hydrogen-bond acceptors (Lipinski definition) is 4. The van der Waals surface area contributed by atoms with Crippen molar-refractivity contribution < 1.29 is 19.1 Å². The lowest BCUT2D eigenvalue weighted by atomic mass is 10.1. The van der Waals surface area contributed by atoms with Gasteiger partial charge in [-0.25, -0.2) is 0 Å². The van der Waals surface area contributed by atoms with Crippen LogP contribution in [0.25, 0.3) is 0 Å². The third-order valence-electron chi connectivity index (χ3n) is 4.28. The first-order chi connectivity index (χ1) is 13.8. The fourth-order valence-corrected chi connectivity index (χ4v) is 3.00. The van der Waals surface area contributed by atoms with Crippen LogP contribution in [0.4, 0.5) is 0 Å². The van der Waals surface area contributed by atoms with Crippen LogP contribution in [0, 0.1) is 0 Å². The maximum absolute atomic E-state index is 13.0. The Morgan fingerprint density at radius 1 is 1.03 bits per heavy atom. The summed E-state index contributed by atoms with van der Waals surface area (Å²) in [6, 6.07) is 14.1. The van der Waals surface area contributed by atoms with Crippen molar-refractivity contribution in [2.45, 2.75) is 39.4 Å². The Kier molecular flexibility index (Phi) is 8.51. The van der Waals surface area contributed by atoms with Crippen LogP contribution in [0.2, 0.25) is 0 Å². The van der Waals surface area contributed by atoms with Gasteiger partial charge < -0.3 is 19.7 Å². The molecule has 1 N–H and O–H groups in total. The van der Waals surface area contributed by atoms with Crippen molar-refractivity contribution in [2.24, 2.45) is 0 Å². The summed E-state index contributed by atoms with van der Waals surface area (Å²) < 4.78 is 11.9. The lowest BCUT2D eigenvalue weighted by Crippen LogP contribution is -2.50. The first-order valence-corrected chi connectivity index (χ1v) is 10.2. The summed E-state index contributed by atoms with van der Waals surface area (Å²) in [5.74, 6) is 0.532. The Morgan fingerprint density at radius 2 is 1.66 bits per heavy atom. The van der Waals surface area contributed by atoms with Crippen molar-refractivity contribution in [1.82, 2.24) is 10.2 Å². The summed E-state index contributed by atoms with van der Waals surface area (Å²) in [7, 11) is 1.54. The SMILES string of the molecule is COc1ccccc1OCC(=O)N(Cc1ccc(Br)cc1)[C@H](C)C(=O)NC(C)C. The van der Waals surface area contributed by atoms with Crippen molar-refractivity contribution in [1.29, 1.82) is 0 Å². The summed E-state index contributed by atoms with van der Waals surface area (Å²) in [5.41, 5.74) is 0.919. The number of carbonyl (C=O) groups is 2. The first kappa shape index (κ1) is 22.7. The van der Waals surface area contributed by atoms with Crippen molar-refractivity contribution in [3.8, 4) is 11.5 Å². The van der Waals surface area contributed by atoms with Crippen LogP contribution >= 0.6 is 15.9 Å². The van der Waals surface area contributed by atoms with E-state index in [-0.39, 0.29) is 24.5 Å². The molecule has 2 amide bonds. The molecule has 0 radical (unpaired) electrons. The highest BCUT2D eigenvalue weighted by Gasteiger charge is 2.27. The third kappa shape index (κ3) is 6.78. The number of rotatable bonds is 9. The molecule has 29 heavy (non-hydrogen) atoms. The molecule has 0 aliphatic rings. The molecule has 2 rings (SSSR count). The molecule has 0 saturated carbocycles. The minimum absolute atomic E-state index is 0.0144. The van der Waals surface area contributed by atoms with Crippen LogP contribution in [-0.4, -0.2) is 42.5 Å². The summed E-state index contributed by atoms with van der Waals surface area (Å²) in [4.78, 5) is 27.1. The standard InChI is InChI=1S/C22H27BrN2O4/c1-15(2)24-22(27)16(3)25(13-17-9-11-18(23)12-10-17)21(26)14-29-20-8-6-5-7-19(20)28-4/h5-12,15-16H,13-14H2,1-4H3,(H,24,27)/t16-/m1/s1. The van der Waals surface area contributed by atoms with E-state index in [1.807, 2.05) is 44.2 Å². The van der Waals surface area contributed by atoms with Crippen molar-refractivity contribution in [3.63, 3.8) is 0 Å². The summed E-state index contributed by atoms with van der Waals surface area (Å²) in [6.45, 7) is 5.59. The van der Waals surface area contributed by atoms with E-state index in [9.17, 15) is 9.59 Å². The lowest BCUT2D eigenvalue weighted by Gasteiger charge is -2.29. The maximum atomic E-state index is 13.0. The molecule has 0 spiro atoms. The normalized spacial score (nSPS) is 11.7. The molecule has 2 aromatic carbocycles. The van der Waals surface area contributed by atoms with E-state index in [0.717, 1.165) is 10.0 Å². The highest BCUT2D eigenvalue weighted by atomic mass is 79.9. The molecule has 0 heterocycles. The number of hydrogen-bond donors (Lipinski definition) is 1. The largest absolute Gasteiger partial charge is 0.493 e. The molecular formula is C22H27BrN2O4. The first-order valence-electron chi connectivity index (χ1n) is 9.42.